The number of benzene rings is 1. The van der Waals surface area contributed by atoms with Gasteiger partial charge in [-0.15, -0.1) is 0 Å². The molecule has 0 amide bonds. The van der Waals surface area contributed by atoms with E-state index in [1.165, 1.54) is 0 Å². The highest BCUT2D eigenvalue weighted by Gasteiger charge is 2.15. The molecule has 0 fully saturated rings. The molecule has 0 spiro atoms. The molecular formula is C16H26N2O4S. The number of fused-ring (bicyclic) bond motifs is 1. The summed E-state index contributed by atoms with van der Waals surface area (Å²) in [4.78, 5) is 0. The van der Waals surface area contributed by atoms with E-state index >= 15 is 0 Å². The molecule has 1 heterocycles. The Morgan fingerprint density at radius 3 is 2.52 bits per heavy atom. The summed E-state index contributed by atoms with van der Waals surface area (Å²) in [6.07, 6.45) is 1.80. The van der Waals surface area contributed by atoms with E-state index in [-0.39, 0.29) is 12.0 Å². The fraction of sp³-hybridized carbons (Fsp3) is 0.625. The van der Waals surface area contributed by atoms with Gasteiger partial charge in [-0.3, -0.25) is 0 Å². The zero-order valence-corrected chi connectivity index (χ0v) is 14.8. The molecule has 0 bridgehead atoms. The first-order valence-corrected chi connectivity index (χ1v) is 9.55. The molecule has 2 N–H and O–H groups in total. The lowest BCUT2D eigenvalue weighted by Gasteiger charge is -2.14. The van der Waals surface area contributed by atoms with Crippen LogP contribution in [0.5, 0.6) is 11.5 Å². The predicted octanol–water partition coefficient (Wildman–Crippen LogP) is 2.57. The van der Waals surface area contributed by atoms with Crippen LogP contribution in [0.25, 0.3) is 0 Å². The van der Waals surface area contributed by atoms with Crippen molar-refractivity contribution < 1.29 is 17.9 Å². The van der Waals surface area contributed by atoms with Gasteiger partial charge in [0.25, 0.3) is 0 Å². The average Bonchev–Trinajstić information content (AvgIpc) is 2.94. The van der Waals surface area contributed by atoms with Crippen LogP contribution in [-0.4, -0.2) is 33.6 Å². The lowest BCUT2D eigenvalue weighted by atomic mass is 10.0. The third kappa shape index (κ3) is 5.28. The van der Waals surface area contributed by atoms with Crippen molar-refractivity contribution in [3.8, 4) is 11.5 Å². The zero-order chi connectivity index (χ0) is 16.9. The summed E-state index contributed by atoms with van der Waals surface area (Å²) in [6.45, 7) is 7.10. The second-order valence-electron chi connectivity index (χ2n) is 6.17. The maximum Gasteiger partial charge on any atom is 0.231 e. The molecule has 1 aliphatic rings. The Bertz CT molecular complexity index is 617. The topological polar surface area (TPSA) is 76.7 Å². The van der Waals surface area contributed by atoms with Gasteiger partial charge in [-0.25, -0.2) is 13.1 Å². The van der Waals surface area contributed by atoms with E-state index in [2.05, 4.69) is 17.0 Å². The first-order valence-electron chi connectivity index (χ1n) is 8.00. The van der Waals surface area contributed by atoms with Crippen LogP contribution < -0.4 is 19.5 Å². The highest BCUT2D eigenvalue weighted by molar-refractivity contribution is 7.90. The van der Waals surface area contributed by atoms with E-state index in [9.17, 15) is 8.42 Å². The number of anilines is 1. The van der Waals surface area contributed by atoms with Crippen molar-refractivity contribution in [1.29, 1.82) is 0 Å². The number of ether oxygens (including phenoxy) is 2. The van der Waals surface area contributed by atoms with Crippen molar-refractivity contribution >= 4 is 15.7 Å². The minimum Gasteiger partial charge on any atom is -0.454 e. The van der Waals surface area contributed by atoms with Gasteiger partial charge in [0.05, 0.1) is 5.25 Å². The molecule has 0 radical (unpaired) electrons. The van der Waals surface area contributed by atoms with Crippen LogP contribution in [0.2, 0.25) is 0 Å². The summed E-state index contributed by atoms with van der Waals surface area (Å²) >= 11 is 0. The van der Waals surface area contributed by atoms with E-state index in [4.69, 9.17) is 9.47 Å². The average molecular weight is 342 g/mol. The normalized spacial score (nSPS) is 15.0. The van der Waals surface area contributed by atoms with Crippen molar-refractivity contribution in [3.63, 3.8) is 0 Å². The quantitative estimate of drug-likeness (QED) is 0.721. The number of sulfonamides is 1. The summed E-state index contributed by atoms with van der Waals surface area (Å²) in [5, 5.41) is 2.97. The SMILES string of the molecule is CC(CCNc1ccc2c(c1)OCO2)CCNS(=O)(=O)C(C)C. The summed E-state index contributed by atoms with van der Waals surface area (Å²) < 4.78 is 36.6. The van der Waals surface area contributed by atoms with Crippen LogP contribution in [0.1, 0.15) is 33.6 Å². The molecule has 7 heteroatoms. The maximum absolute atomic E-state index is 11.7. The van der Waals surface area contributed by atoms with E-state index in [0.717, 1.165) is 36.6 Å². The summed E-state index contributed by atoms with van der Waals surface area (Å²) in [5.74, 6) is 1.99. The molecule has 1 aromatic rings. The molecule has 0 saturated heterocycles. The molecule has 0 aromatic heterocycles. The van der Waals surface area contributed by atoms with Gasteiger partial charge in [-0.2, -0.15) is 0 Å². The Kier molecular flexibility index (Phi) is 6.12. The van der Waals surface area contributed by atoms with Crippen LogP contribution in [0.4, 0.5) is 5.69 Å². The minimum atomic E-state index is -3.15. The number of hydrogen-bond acceptors (Lipinski definition) is 5. The summed E-state index contributed by atoms with van der Waals surface area (Å²) in [5.41, 5.74) is 1.00. The Labute approximate surface area is 138 Å². The Hall–Kier alpha value is -1.47. The summed E-state index contributed by atoms with van der Waals surface area (Å²) in [6, 6.07) is 5.80. The fourth-order valence-electron chi connectivity index (χ4n) is 2.23. The molecule has 23 heavy (non-hydrogen) atoms. The van der Waals surface area contributed by atoms with E-state index in [0.29, 0.717) is 12.5 Å². The van der Waals surface area contributed by atoms with Crippen LogP contribution in [0.15, 0.2) is 18.2 Å². The monoisotopic (exact) mass is 342 g/mol. The molecule has 6 nitrogen and oxygen atoms in total. The maximum atomic E-state index is 11.7. The Morgan fingerprint density at radius 1 is 1.09 bits per heavy atom. The van der Waals surface area contributed by atoms with Gasteiger partial charge in [0.2, 0.25) is 16.8 Å². The number of hydrogen-bond donors (Lipinski definition) is 2. The molecule has 130 valence electrons. The predicted molar refractivity (Wildman–Crippen MR) is 91.5 cm³/mol. The van der Waals surface area contributed by atoms with Crippen LogP contribution >= 0.6 is 0 Å². The van der Waals surface area contributed by atoms with Gasteiger partial charge >= 0.3 is 0 Å². The van der Waals surface area contributed by atoms with Gasteiger partial charge in [0, 0.05) is 24.8 Å². The van der Waals surface area contributed by atoms with Gasteiger partial charge in [-0.05, 0) is 44.7 Å². The van der Waals surface area contributed by atoms with E-state index in [1.54, 1.807) is 13.8 Å². The van der Waals surface area contributed by atoms with E-state index in [1.807, 2.05) is 18.2 Å². The second kappa shape index (κ2) is 7.88. The molecule has 1 aliphatic heterocycles. The van der Waals surface area contributed by atoms with Gasteiger partial charge in [-0.1, -0.05) is 6.92 Å². The first kappa shape index (κ1) is 17.9. The van der Waals surface area contributed by atoms with Crippen LogP contribution in [0.3, 0.4) is 0 Å². The van der Waals surface area contributed by atoms with Gasteiger partial charge < -0.3 is 14.8 Å². The molecule has 0 saturated carbocycles. The lowest BCUT2D eigenvalue weighted by molar-refractivity contribution is 0.174. The van der Waals surface area contributed by atoms with Crippen LogP contribution in [-0.2, 0) is 10.0 Å². The smallest absolute Gasteiger partial charge is 0.231 e. The minimum absolute atomic E-state index is 0.280. The van der Waals surface area contributed by atoms with Crippen molar-refractivity contribution in [2.75, 3.05) is 25.2 Å². The zero-order valence-electron chi connectivity index (χ0n) is 14.0. The first-order chi connectivity index (χ1) is 10.9. The lowest BCUT2D eigenvalue weighted by Crippen LogP contribution is -2.32. The van der Waals surface area contributed by atoms with Crippen molar-refractivity contribution in [2.45, 2.75) is 38.9 Å². The van der Waals surface area contributed by atoms with Crippen molar-refractivity contribution in [2.24, 2.45) is 5.92 Å². The molecule has 0 aliphatic carbocycles. The Morgan fingerprint density at radius 2 is 1.78 bits per heavy atom. The van der Waals surface area contributed by atoms with Gasteiger partial charge in [0.1, 0.15) is 0 Å². The Balaban J connectivity index is 1.66. The standard InChI is InChI=1S/C16H26N2O4S/c1-12(2)23(19,20)18-9-7-13(3)6-8-17-14-4-5-15-16(10-14)22-11-21-15/h4-5,10,12-13,17-18H,6-9,11H2,1-3H3. The van der Waals surface area contributed by atoms with Gasteiger partial charge in [0.15, 0.2) is 11.5 Å². The van der Waals surface area contributed by atoms with E-state index < -0.39 is 10.0 Å². The third-order valence-electron chi connectivity index (χ3n) is 3.90. The highest BCUT2D eigenvalue weighted by atomic mass is 32.2. The molecule has 1 atom stereocenters. The molecular weight excluding hydrogens is 316 g/mol. The largest absolute Gasteiger partial charge is 0.454 e. The number of nitrogens with one attached hydrogen (secondary N) is 2. The van der Waals surface area contributed by atoms with Crippen molar-refractivity contribution in [3.05, 3.63) is 18.2 Å². The van der Waals surface area contributed by atoms with Crippen LogP contribution in [0, 0.1) is 5.92 Å². The third-order valence-corrected chi connectivity index (χ3v) is 5.75. The summed E-state index contributed by atoms with van der Waals surface area (Å²) in [7, 11) is -3.15. The second-order valence-corrected chi connectivity index (χ2v) is 8.49. The van der Waals surface area contributed by atoms with Crippen molar-refractivity contribution in [1.82, 2.24) is 4.72 Å². The number of rotatable bonds is 9. The fourth-order valence-corrected chi connectivity index (χ4v) is 2.96. The highest BCUT2D eigenvalue weighted by Crippen LogP contribution is 2.34. The molecule has 1 unspecified atom stereocenters. The molecule has 1 aromatic carbocycles. The molecule has 2 rings (SSSR count).